The van der Waals surface area contributed by atoms with Gasteiger partial charge in [-0.1, -0.05) is 19.9 Å². The van der Waals surface area contributed by atoms with Crippen molar-refractivity contribution in [2.45, 2.75) is 52.5 Å². The number of carbonyl (C=O) groups excluding carboxylic acids is 1. The average molecular weight is 367 g/mol. The van der Waals surface area contributed by atoms with Crippen LogP contribution in [0.5, 0.6) is 0 Å². The molecule has 0 radical (unpaired) electrons. The summed E-state index contributed by atoms with van der Waals surface area (Å²) in [5, 5.41) is 3.55. The SMILES string of the molecule is Cc1c(NC(C)C(C)C)cccc1C(=O)N1CCC(c2cnccn2)CC1. The number of piperidine rings is 1. The van der Waals surface area contributed by atoms with Crippen LogP contribution in [0.4, 0.5) is 5.69 Å². The van der Waals surface area contributed by atoms with E-state index in [1.165, 1.54) is 0 Å². The molecule has 2 heterocycles. The second kappa shape index (κ2) is 8.51. The van der Waals surface area contributed by atoms with Crippen LogP contribution in [0, 0.1) is 12.8 Å². The zero-order chi connectivity index (χ0) is 19.4. The molecule has 1 aromatic carbocycles. The number of benzene rings is 1. The number of carbonyl (C=O) groups is 1. The fourth-order valence-electron chi connectivity index (χ4n) is 3.51. The number of nitrogens with one attached hydrogen (secondary N) is 1. The van der Waals surface area contributed by atoms with E-state index >= 15 is 0 Å². The largest absolute Gasteiger partial charge is 0.382 e. The van der Waals surface area contributed by atoms with Gasteiger partial charge in [-0.3, -0.25) is 14.8 Å². The molecule has 144 valence electrons. The van der Waals surface area contributed by atoms with Crippen molar-refractivity contribution in [1.82, 2.24) is 14.9 Å². The van der Waals surface area contributed by atoms with Crippen molar-refractivity contribution in [3.05, 3.63) is 53.6 Å². The molecule has 0 spiro atoms. The van der Waals surface area contributed by atoms with Crippen LogP contribution in [0.25, 0.3) is 0 Å². The Morgan fingerprint density at radius 3 is 2.56 bits per heavy atom. The molecule has 1 amide bonds. The fourth-order valence-corrected chi connectivity index (χ4v) is 3.51. The highest BCUT2D eigenvalue weighted by molar-refractivity contribution is 5.97. The molecule has 27 heavy (non-hydrogen) atoms. The molecule has 3 rings (SSSR count). The first-order valence-corrected chi connectivity index (χ1v) is 9.88. The van der Waals surface area contributed by atoms with Crippen LogP contribution in [-0.4, -0.2) is 39.9 Å². The number of aromatic nitrogens is 2. The van der Waals surface area contributed by atoms with Crippen LogP contribution in [0.1, 0.15) is 61.1 Å². The van der Waals surface area contributed by atoms with Gasteiger partial charge in [0.2, 0.25) is 0 Å². The number of anilines is 1. The number of nitrogens with zero attached hydrogens (tertiary/aromatic N) is 3. The van der Waals surface area contributed by atoms with E-state index in [1.807, 2.05) is 30.2 Å². The third kappa shape index (κ3) is 4.46. The van der Waals surface area contributed by atoms with Gasteiger partial charge in [0.15, 0.2) is 0 Å². The van der Waals surface area contributed by atoms with Crippen LogP contribution < -0.4 is 5.32 Å². The van der Waals surface area contributed by atoms with E-state index in [0.717, 1.165) is 48.4 Å². The van der Waals surface area contributed by atoms with E-state index in [0.29, 0.717) is 17.9 Å². The summed E-state index contributed by atoms with van der Waals surface area (Å²) in [5.41, 5.74) is 3.92. The maximum Gasteiger partial charge on any atom is 0.254 e. The summed E-state index contributed by atoms with van der Waals surface area (Å²) in [4.78, 5) is 23.7. The van der Waals surface area contributed by atoms with Gasteiger partial charge in [-0.25, -0.2) is 0 Å². The molecule has 1 N–H and O–H groups in total. The van der Waals surface area contributed by atoms with E-state index in [2.05, 4.69) is 42.1 Å². The molecule has 5 nitrogen and oxygen atoms in total. The number of rotatable bonds is 5. The van der Waals surface area contributed by atoms with Crippen molar-refractivity contribution in [3.63, 3.8) is 0 Å². The average Bonchev–Trinajstić information content (AvgIpc) is 2.69. The zero-order valence-corrected chi connectivity index (χ0v) is 16.8. The Hall–Kier alpha value is -2.43. The third-order valence-electron chi connectivity index (χ3n) is 5.73. The predicted octanol–water partition coefficient (Wildman–Crippen LogP) is 4.26. The summed E-state index contributed by atoms with van der Waals surface area (Å²) in [5.74, 6) is 1.05. The molecule has 1 aromatic heterocycles. The molecule has 1 fully saturated rings. The summed E-state index contributed by atoms with van der Waals surface area (Å²) in [7, 11) is 0. The fraction of sp³-hybridized carbons (Fsp3) is 0.500. The van der Waals surface area contributed by atoms with Gasteiger partial charge in [-0.2, -0.15) is 0 Å². The Labute approximate surface area is 162 Å². The summed E-state index contributed by atoms with van der Waals surface area (Å²) in [6.45, 7) is 10.1. The number of likely N-dealkylation sites (tertiary alicyclic amines) is 1. The molecule has 1 aliphatic rings. The second-order valence-corrected chi connectivity index (χ2v) is 7.85. The summed E-state index contributed by atoms with van der Waals surface area (Å²) < 4.78 is 0. The maximum atomic E-state index is 13.1. The van der Waals surface area contributed by atoms with Crippen molar-refractivity contribution in [2.75, 3.05) is 18.4 Å². The van der Waals surface area contributed by atoms with Gasteiger partial charge < -0.3 is 10.2 Å². The minimum absolute atomic E-state index is 0.131. The smallest absolute Gasteiger partial charge is 0.254 e. The molecule has 0 saturated carbocycles. The molecular weight excluding hydrogens is 336 g/mol. The van der Waals surface area contributed by atoms with E-state index in [1.54, 1.807) is 12.4 Å². The normalized spacial score (nSPS) is 16.4. The highest BCUT2D eigenvalue weighted by Crippen LogP contribution is 2.28. The highest BCUT2D eigenvalue weighted by Gasteiger charge is 2.26. The molecule has 1 unspecified atom stereocenters. The van der Waals surface area contributed by atoms with Gasteiger partial charge in [0.1, 0.15) is 0 Å². The summed E-state index contributed by atoms with van der Waals surface area (Å²) in [6.07, 6.45) is 7.16. The van der Waals surface area contributed by atoms with Crippen molar-refractivity contribution >= 4 is 11.6 Å². The minimum Gasteiger partial charge on any atom is -0.382 e. The molecule has 0 aliphatic carbocycles. The van der Waals surface area contributed by atoms with E-state index in [4.69, 9.17) is 0 Å². The first kappa shape index (κ1) is 19.3. The van der Waals surface area contributed by atoms with E-state index in [-0.39, 0.29) is 5.91 Å². The molecule has 1 aliphatic heterocycles. The van der Waals surface area contributed by atoms with Crippen molar-refractivity contribution < 1.29 is 4.79 Å². The Morgan fingerprint density at radius 2 is 1.93 bits per heavy atom. The predicted molar refractivity (Wildman–Crippen MR) is 109 cm³/mol. The first-order valence-electron chi connectivity index (χ1n) is 9.88. The lowest BCUT2D eigenvalue weighted by atomic mass is 9.93. The standard InChI is InChI=1S/C22H30N4O/c1-15(2)17(4)25-20-7-5-6-19(16(20)3)22(27)26-12-8-18(9-13-26)21-14-23-10-11-24-21/h5-7,10-11,14-15,17-18,25H,8-9,12-13H2,1-4H3. The molecular formula is C22H30N4O. The Kier molecular flexibility index (Phi) is 6.09. The summed E-state index contributed by atoms with van der Waals surface area (Å²) >= 11 is 0. The lowest BCUT2D eigenvalue weighted by Crippen LogP contribution is -2.38. The summed E-state index contributed by atoms with van der Waals surface area (Å²) in [6, 6.07) is 6.34. The third-order valence-corrected chi connectivity index (χ3v) is 5.73. The van der Waals surface area contributed by atoms with Gasteiger partial charge in [-0.05, 0) is 50.3 Å². The number of hydrogen-bond acceptors (Lipinski definition) is 4. The monoisotopic (exact) mass is 366 g/mol. The second-order valence-electron chi connectivity index (χ2n) is 7.85. The van der Waals surface area contributed by atoms with Gasteiger partial charge >= 0.3 is 0 Å². The minimum atomic E-state index is 0.131. The van der Waals surface area contributed by atoms with Crippen LogP contribution in [-0.2, 0) is 0 Å². The lowest BCUT2D eigenvalue weighted by Gasteiger charge is -2.32. The van der Waals surface area contributed by atoms with Crippen LogP contribution in [0.2, 0.25) is 0 Å². The molecule has 2 aromatic rings. The van der Waals surface area contributed by atoms with Gasteiger partial charge in [0.05, 0.1) is 5.69 Å². The van der Waals surface area contributed by atoms with Gasteiger partial charge in [0.25, 0.3) is 5.91 Å². The molecule has 0 bridgehead atoms. The van der Waals surface area contributed by atoms with Crippen LogP contribution in [0.3, 0.4) is 0 Å². The Morgan fingerprint density at radius 1 is 1.19 bits per heavy atom. The Balaban J connectivity index is 1.68. The van der Waals surface area contributed by atoms with Crippen molar-refractivity contribution in [1.29, 1.82) is 0 Å². The van der Waals surface area contributed by atoms with E-state index < -0.39 is 0 Å². The lowest BCUT2D eigenvalue weighted by molar-refractivity contribution is 0.0711. The first-order chi connectivity index (χ1) is 13.0. The molecule has 1 saturated heterocycles. The molecule has 1 atom stereocenters. The molecule has 5 heteroatoms. The Bertz CT molecular complexity index is 767. The maximum absolute atomic E-state index is 13.1. The van der Waals surface area contributed by atoms with Gasteiger partial charge in [0, 0.05) is 54.9 Å². The van der Waals surface area contributed by atoms with Crippen LogP contribution >= 0.6 is 0 Å². The van der Waals surface area contributed by atoms with Crippen LogP contribution in [0.15, 0.2) is 36.8 Å². The highest BCUT2D eigenvalue weighted by atomic mass is 16.2. The van der Waals surface area contributed by atoms with Crippen molar-refractivity contribution in [2.24, 2.45) is 5.92 Å². The number of hydrogen-bond donors (Lipinski definition) is 1. The van der Waals surface area contributed by atoms with Gasteiger partial charge in [-0.15, -0.1) is 0 Å². The topological polar surface area (TPSA) is 58.1 Å². The number of amides is 1. The quantitative estimate of drug-likeness (QED) is 0.859. The van der Waals surface area contributed by atoms with Crippen molar-refractivity contribution in [3.8, 4) is 0 Å². The zero-order valence-electron chi connectivity index (χ0n) is 16.8. The van der Waals surface area contributed by atoms with E-state index in [9.17, 15) is 4.79 Å².